The summed E-state index contributed by atoms with van der Waals surface area (Å²) in [5, 5.41) is 1.17. The van der Waals surface area contributed by atoms with Crippen LogP contribution < -0.4 is 4.90 Å². The molecule has 0 N–H and O–H groups in total. The van der Waals surface area contributed by atoms with Crippen molar-refractivity contribution in [3.8, 4) is 0 Å². The summed E-state index contributed by atoms with van der Waals surface area (Å²) in [7, 11) is 0. The minimum absolute atomic E-state index is 0.428. The summed E-state index contributed by atoms with van der Waals surface area (Å²) in [5.41, 5.74) is 2.43. The number of aromatic nitrogens is 1. The van der Waals surface area contributed by atoms with Gasteiger partial charge in [0.15, 0.2) is 5.13 Å². The van der Waals surface area contributed by atoms with Gasteiger partial charge in [-0.15, -0.1) is 0 Å². The summed E-state index contributed by atoms with van der Waals surface area (Å²) < 4.78 is 7.18. The molecule has 2 aromatic rings. The standard InChI is InChI=1S/C14H16N2OS/c1-9-3-2-4-12-13(9)15-14(18-12)16-7-10-5-6-11(8-16)17-10/h2-4,10-11H,5-8H2,1H3. The van der Waals surface area contributed by atoms with E-state index in [9.17, 15) is 0 Å². The Bertz CT molecular complexity index is 582. The van der Waals surface area contributed by atoms with Crippen molar-refractivity contribution in [2.45, 2.75) is 32.0 Å². The van der Waals surface area contributed by atoms with E-state index in [2.05, 4.69) is 30.0 Å². The SMILES string of the molecule is Cc1cccc2sc(N3CC4CCC(C3)O4)nc12. The quantitative estimate of drug-likeness (QED) is 0.788. The lowest BCUT2D eigenvalue weighted by atomic mass is 10.2. The van der Waals surface area contributed by atoms with E-state index in [1.165, 1.54) is 28.2 Å². The molecule has 2 unspecified atom stereocenters. The van der Waals surface area contributed by atoms with Crippen molar-refractivity contribution in [2.75, 3.05) is 18.0 Å². The van der Waals surface area contributed by atoms with E-state index in [-0.39, 0.29) is 0 Å². The Hall–Kier alpha value is -1.13. The van der Waals surface area contributed by atoms with Crippen LogP contribution in [0.1, 0.15) is 18.4 Å². The number of benzene rings is 1. The Kier molecular flexibility index (Phi) is 2.35. The Morgan fingerprint density at radius 2 is 2.06 bits per heavy atom. The predicted molar refractivity (Wildman–Crippen MR) is 74.5 cm³/mol. The smallest absolute Gasteiger partial charge is 0.186 e. The van der Waals surface area contributed by atoms with Crippen molar-refractivity contribution >= 4 is 26.7 Å². The van der Waals surface area contributed by atoms with Crippen LogP contribution in [0.25, 0.3) is 10.2 Å². The molecule has 1 aromatic carbocycles. The molecule has 3 heterocycles. The maximum Gasteiger partial charge on any atom is 0.186 e. The Balaban J connectivity index is 1.72. The Morgan fingerprint density at radius 1 is 1.28 bits per heavy atom. The highest BCUT2D eigenvalue weighted by Gasteiger charge is 2.34. The fourth-order valence-corrected chi connectivity index (χ4v) is 4.04. The number of rotatable bonds is 1. The number of nitrogens with zero attached hydrogens (tertiary/aromatic N) is 2. The molecule has 4 heteroatoms. The Morgan fingerprint density at radius 3 is 2.78 bits per heavy atom. The number of ether oxygens (including phenoxy) is 1. The zero-order valence-electron chi connectivity index (χ0n) is 10.4. The number of morpholine rings is 1. The van der Waals surface area contributed by atoms with Gasteiger partial charge in [0.2, 0.25) is 0 Å². The number of anilines is 1. The molecule has 0 amide bonds. The number of fused-ring (bicyclic) bond motifs is 3. The van der Waals surface area contributed by atoms with Gasteiger partial charge in [-0.25, -0.2) is 4.98 Å². The van der Waals surface area contributed by atoms with Gasteiger partial charge >= 0.3 is 0 Å². The maximum atomic E-state index is 5.88. The van der Waals surface area contributed by atoms with Crippen LogP contribution in [0.5, 0.6) is 0 Å². The third-order valence-electron chi connectivity index (χ3n) is 3.92. The lowest BCUT2D eigenvalue weighted by molar-refractivity contribution is 0.0305. The molecule has 0 aliphatic carbocycles. The summed E-state index contributed by atoms with van der Waals surface area (Å²) in [6.45, 7) is 4.15. The van der Waals surface area contributed by atoms with Crippen LogP contribution in [0.2, 0.25) is 0 Å². The highest BCUT2D eigenvalue weighted by molar-refractivity contribution is 7.22. The molecule has 1 aromatic heterocycles. The topological polar surface area (TPSA) is 25.4 Å². The minimum Gasteiger partial charge on any atom is -0.371 e. The first-order valence-electron chi connectivity index (χ1n) is 6.56. The summed E-state index contributed by atoms with van der Waals surface area (Å²) in [5.74, 6) is 0. The number of hydrogen-bond donors (Lipinski definition) is 0. The molecule has 2 atom stereocenters. The molecule has 3 nitrogen and oxygen atoms in total. The van der Waals surface area contributed by atoms with E-state index in [0.717, 1.165) is 18.6 Å². The molecule has 4 rings (SSSR count). The van der Waals surface area contributed by atoms with E-state index in [4.69, 9.17) is 9.72 Å². The van der Waals surface area contributed by atoms with Crippen LogP contribution in [0.3, 0.4) is 0 Å². The minimum atomic E-state index is 0.428. The second-order valence-electron chi connectivity index (χ2n) is 5.28. The van der Waals surface area contributed by atoms with Crippen LogP contribution in [-0.4, -0.2) is 30.3 Å². The highest BCUT2D eigenvalue weighted by Crippen LogP contribution is 2.34. The maximum absolute atomic E-state index is 5.88. The van der Waals surface area contributed by atoms with Gasteiger partial charge in [-0.2, -0.15) is 0 Å². The molecule has 0 radical (unpaired) electrons. The number of thiazole rings is 1. The summed E-state index contributed by atoms with van der Waals surface area (Å²) in [6, 6.07) is 6.41. The first kappa shape index (κ1) is 10.8. The van der Waals surface area contributed by atoms with Crippen molar-refractivity contribution < 1.29 is 4.74 Å². The largest absolute Gasteiger partial charge is 0.371 e. The molecule has 2 aliphatic rings. The molecular weight excluding hydrogens is 244 g/mol. The van der Waals surface area contributed by atoms with E-state index in [1.54, 1.807) is 0 Å². The molecule has 18 heavy (non-hydrogen) atoms. The molecule has 2 fully saturated rings. The van der Waals surface area contributed by atoms with Gasteiger partial charge in [-0.1, -0.05) is 23.5 Å². The summed E-state index contributed by atoms with van der Waals surface area (Å²) in [6.07, 6.45) is 3.28. The average molecular weight is 260 g/mol. The number of hydrogen-bond acceptors (Lipinski definition) is 4. The van der Waals surface area contributed by atoms with Gasteiger partial charge in [-0.05, 0) is 31.4 Å². The second kappa shape index (κ2) is 3.93. The van der Waals surface area contributed by atoms with Crippen LogP contribution >= 0.6 is 11.3 Å². The van der Waals surface area contributed by atoms with Crippen molar-refractivity contribution in [3.63, 3.8) is 0 Å². The van der Waals surface area contributed by atoms with Crippen LogP contribution in [-0.2, 0) is 4.74 Å². The van der Waals surface area contributed by atoms with E-state index in [0.29, 0.717) is 12.2 Å². The first-order valence-corrected chi connectivity index (χ1v) is 7.38. The monoisotopic (exact) mass is 260 g/mol. The number of aryl methyl sites for hydroxylation is 1. The van der Waals surface area contributed by atoms with Crippen molar-refractivity contribution in [1.82, 2.24) is 4.98 Å². The van der Waals surface area contributed by atoms with Crippen LogP contribution in [0.15, 0.2) is 18.2 Å². The molecular formula is C14H16N2OS. The molecule has 94 valence electrons. The first-order chi connectivity index (χ1) is 8.79. The zero-order chi connectivity index (χ0) is 12.1. The van der Waals surface area contributed by atoms with Crippen LogP contribution in [0, 0.1) is 6.92 Å². The van der Waals surface area contributed by atoms with Crippen molar-refractivity contribution in [3.05, 3.63) is 23.8 Å². The lowest BCUT2D eigenvalue weighted by Gasteiger charge is -2.31. The fourth-order valence-electron chi connectivity index (χ4n) is 2.98. The van der Waals surface area contributed by atoms with Crippen molar-refractivity contribution in [2.24, 2.45) is 0 Å². The average Bonchev–Trinajstić information content (AvgIpc) is 2.94. The normalized spacial score (nSPS) is 27.1. The van der Waals surface area contributed by atoms with E-state index < -0.39 is 0 Å². The molecule has 2 saturated heterocycles. The second-order valence-corrected chi connectivity index (χ2v) is 6.29. The highest BCUT2D eigenvalue weighted by atomic mass is 32.1. The van der Waals surface area contributed by atoms with E-state index >= 15 is 0 Å². The van der Waals surface area contributed by atoms with Gasteiger partial charge in [0, 0.05) is 13.1 Å². The lowest BCUT2D eigenvalue weighted by Crippen LogP contribution is -2.42. The van der Waals surface area contributed by atoms with Crippen molar-refractivity contribution in [1.29, 1.82) is 0 Å². The third kappa shape index (κ3) is 1.63. The van der Waals surface area contributed by atoms with E-state index in [1.807, 2.05) is 11.3 Å². The summed E-state index contributed by atoms with van der Waals surface area (Å²) in [4.78, 5) is 7.23. The predicted octanol–water partition coefficient (Wildman–Crippen LogP) is 2.97. The Labute approximate surface area is 110 Å². The van der Waals surface area contributed by atoms with Gasteiger partial charge in [0.25, 0.3) is 0 Å². The fraction of sp³-hybridized carbons (Fsp3) is 0.500. The zero-order valence-corrected chi connectivity index (χ0v) is 11.2. The number of para-hydroxylation sites is 1. The molecule has 0 spiro atoms. The van der Waals surface area contributed by atoms with Gasteiger partial charge in [0.1, 0.15) is 0 Å². The molecule has 2 aliphatic heterocycles. The van der Waals surface area contributed by atoms with Gasteiger partial charge < -0.3 is 9.64 Å². The molecule has 2 bridgehead atoms. The summed E-state index contributed by atoms with van der Waals surface area (Å²) >= 11 is 1.81. The third-order valence-corrected chi connectivity index (χ3v) is 5.00. The molecule has 0 saturated carbocycles. The van der Waals surface area contributed by atoms with Gasteiger partial charge in [0.05, 0.1) is 22.4 Å². The van der Waals surface area contributed by atoms with Gasteiger partial charge in [-0.3, -0.25) is 0 Å². The van der Waals surface area contributed by atoms with Crippen LogP contribution in [0.4, 0.5) is 5.13 Å².